The number of halogens is 1. The van der Waals surface area contributed by atoms with Gasteiger partial charge >= 0.3 is 0 Å². The van der Waals surface area contributed by atoms with Gasteiger partial charge in [0, 0.05) is 11.1 Å². The van der Waals surface area contributed by atoms with Crippen LogP contribution in [0.15, 0.2) is 49.1 Å². The monoisotopic (exact) mass is 359 g/mol. The Morgan fingerprint density at radius 3 is 2.58 bits per heavy atom. The normalized spacial score (nSPS) is 11.8. The van der Waals surface area contributed by atoms with Gasteiger partial charge in [0.15, 0.2) is 11.5 Å². The van der Waals surface area contributed by atoms with Gasteiger partial charge in [-0.25, -0.2) is 4.39 Å². The molecule has 1 atom stereocenters. The quantitative estimate of drug-likeness (QED) is 0.638. The molecule has 0 fully saturated rings. The number of allylic oxidation sites excluding steroid dienone is 1. The Bertz CT molecular complexity index is 733. The average molecular weight is 359 g/mol. The molecule has 1 unspecified atom stereocenters. The topological polar surface area (TPSA) is 50.7 Å². The average Bonchev–Trinajstić information content (AvgIpc) is 2.66. The number of nitrogens with one attached hydrogen (secondary N) is 1. The third-order valence-corrected chi connectivity index (χ3v) is 4.34. The lowest BCUT2D eigenvalue weighted by Gasteiger charge is -2.19. The van der Waals surface area contributed by atoms with Crippen LogP contribution in [-0.4, -0.2) is 32.5 Å². The van der Waals surface area contributed by atoms with Crippen molar-refractivity contribution in [3.05, 3.63) is 71.6 Å². The zero-order valence-corrected chi connectivity index (χ0v) is 15.3. The van der Waals surface area contributed by atoms with Gasteiger partial charge in [0.1, 0.15) is 5.82 Å². The molecule has 140 valence electrons. The molecule has 2 rings (SSSR count). The number of aliphatic hydroxyl groups is 1. The molecule has 2 N–H and O–H groups in total. The number of aliphatic hydroxyl groups excluding tert-OH is 1. The Morgan fingerprint density at radius 1 is 1.19 bits per heavy atom. The van der Waals surface area contributed by atoms with Gasteiger partial charge in [-0.3, -0.25) is 0 Å². The second kappa shape index (κ2) is 9.94. The van der Waals surface area contributed by atoms with Gasteiger partial charge in [-0.15, -0.1) is 6.58 Å². The summed E-state index contributed by atoms with van der Waals surface area (Å²) in [6.45, 7) is 4.22. The van der Waals surface area contributed by atoms with Crippen LogP contribution in [0.4, 0.5) is 4.39 Å². The van der Waals surface area contributed by atoms with Crippen LogP contribution in [-0.2, 0) is 12.8 Å². The van der Waals surface area contributed by atoms with Gasteiger partial charge in [-0.2, -0.15) is 0 Å². The highest BCUT2D eigenvalue weighted by Gasteiger charge is 2.16. The van der Waals surface area contributed by atoms with Gasteiger partial charge in [-0.1, -0.05) is 30.3 Å². The molecule has 0 aliphatic rings. The number of rotatable bonds is 10. The van der Waals surface area contributed by atoms with Crippen molar-refractivity contribution in [2.24, 2.45) is 0 Å². The number of methoxy groups -OCH3 is 2. The first-order valence-electron chi connectivity index (χ1n) is 8.58. The third kappa shape index (κ3) is 4.62. The van der Waals surface area contributed by atoms with Crippen molar-refractivity contribution in [1.29, 1.82) is 0 Å². The van der Waals surface area contributed by atoms with Gasteiger partial charge in [0.05, 0.1) is 26.9 Å². The summed E-state index contributed by atoms with van der Waals surface area (Å²) in [5.74, 6) is 1.07. The molecular weight excluding hydrogens is 333 g/mol. The zero-order chi connectivity index (χ0) is 18.9. The third-order valence-electron chi connectivity index (χ3n) is 4.34. The number of hydrogen-bond acceptors (Lipinski definition) is 4. The Morgan fingerprint density at radius 2 is 1.96 bits per heavy atom. The molecule has 0 amide bonds. The Hall–Kier alpha value is -2.37. The van der Waals surface area contributed by atoms with Crippen LogP contribution in [0.25, 0.3) is 0 Å². The van der Waals surface area contributed by atoms with Crippen LogP contribution < -0.4 is 14.8 Å². The van der Waals surface area contributed by atoms with Gasteiger partial charge in [0.2, 0.25) is 0 Å². The lowest BCUT2D eigenvalue weighted by Crippen LogP contribution is -2.27. The number of hydrogen-bond donors (Lipinski definition) is 2. The highest BCUT2D eigenvalue weighted by molar-refractivity contribution is 5.51. The van der Waals surface area contributed by atoms with E-state index in [9.17, 15) is 9.50 Å². The molecule has 0 saturated heterocycles. The van der Waals surface area contributed by atoms with Gasteiger partial charge in [0.25, 0.3) is 0 Å². The minimum absolute atomic E-state index is 0.174. The largest absolute Gasteiger partial charge is 0.493 e. The second-order valence-corrected chi connectivity index (χ2v) is 5.89. The molecule has 0 aliphatic heterocycles. The van der Waals surface area contributed by atoms with Crippen molar-refractivity contribution >= 4 is 0 Å². The summed E-state index contributed by atoms with van der Waals surface area (Å²) in [5.41, 5.74) is 2.59. The molecule has 2 aromatic rings. The van der Waals surface area contributed by atoms with Gasteiger partial charge in [-0.05, 0) is 37.1 Å². The highest BCUT2D eigenvalue weighted by Crippen LogP contribution is 2.34. The first-order valence-corrected chi connectivity index (χ1v) is 8.58. The zero-order valence-electron chi connectivity index (χ0n) is 15.3. The van der Waals surface area contributed by atoms with Crippen LogP contribution in [0.1, 0.15) is 22.7 Å². The second-order valence-electron chi connectivity index (χ2n) is 5.89. The standard InChI is InChI=1S/C21H26FNO3/c1-4-7-16-15(10-11-20(25-2)21(16)26-3)12-13-23-19(14-24)17-8-5-6-9-18(17)22/h4-6,8-11,19,23-24H,1,7,12-14H2,2-3H3. The maximum Gasteiger partial charge on any atom is 0.164 e. The minimum Gasteiger partial charge on any atom is -0.493 e. The van der Waals surface area contributed by atoms with E-state index in [-0.39, 0.29) is 12.4 Å². The van der Waals surface area contributed by atoms with E-state index in [2.05, 4.69) is 11.9 Å². The van der Waals surface area contributed by atoms with E-state index in [1.165, 1.54) is 6.07 Å². The summed E-state index contributed by atoms with van der Waals surface area (Å²) in [6, 6.07) is 9.91. The van der Waals surface area contributed by atoms with Crippen molar-refractivity contribution in [3.63, 3.8) is 0 Å². The molecule has 0 radical (unpaired) electrons. The van der Waals surface area contributed by atoms with E-state index in [0.717, 1.165) is 11.1 Å². The van der Waals surface area contributed by atoms with Crippen LogP contribution in [0.2, 0.25) is 0 Å². The van der Waals surface area contributed by atoms with Crippen molar-refractivity contribution < 1.29 is 19.0 Å². The van der Waals surface area contributed by atoms with Gasteiger partial charge < -0.3 is 19.9 Å². The Kier molecular flexibility index (Phi) is 7.63. The predicted molar refractivity (Wildman–Crippen MR) is 101 cm³/mol. The summed E-state index contributed by atoms with van der Waals surface area (Å²) >= 11 is 0. The van der Waals surface area contributed by atoms with E-state index >= 15 is 0 Å². The highest BCUT2D eigenvalue weighted by atomic mass is 19.1. The summed E-state index contributed by atoms with van der Waals surface area (Å²) in [4.78, 5) is 0. The van der Waals surface area contributed by atoms with E-state index in [0.29, 0.717) is 36.4 Å². The SMILES string of the molecule is C=CCc1c(CCNC(CO)c2ccccc2F)ccc(OC)c1OC. The summed E-state index contributed by atoms with van der Waals surface area (Å²) in [5, 5.41) is 12.8. The molecule has 26 heavy (non-hydrogen) atoms. The molecule has 0 heterocycles. The summed E-state index contributed by atoms with van der Waals surface area (Å²) < 4.78 is 24.8. The molecule has 4 nitrogen and oxygen atoms in total. The van der Waals surface area contributed by atoms with E-state index in [4.69, 9.17) is 9.47 Å². The molecule has 0 spiro atoms. The molecule has 2 aromatic carbocycles. The van der Waals surface area contributed by atoms with Crippen molar-refractivity contribution in [3.8, 4) is 11.5 Å². The van der Waals surface area contributed by atoms with Crippen molar-refractivity contribution in [2.45, 2.75) is 18.9 Å². The van der Waals surface area contributed by atoms with Crippen LogP contribution in [0.3, 0.4) is 0 Å². The van der Waals surface area contributed by atoms with E-state index in [1.54, 1.807) is 32.4 Å². The number of ether oxygens (including phenoxy) is 2. The molecular formula is C21H26FNO3. The predicted octanol–water partition coefficient (Wildman–Crippen LogP) is 3.44. The van der Waals surface area contributed by atoms with E-state index in [1.807, 2.05) is 18.2 Å². The fraction of sp³-hybridized carbons (Fsp3) is 0.333. The van der Waals surface area contributed by atoms with Crippen LogP contribution in [0.5, 0.6) is 11.5 Å². The lowest BCUT2D eigenvalue weighted by atomic mass is 9.99. The maximum absolute atomic E-state index is 13.9. The maximum atomic E-state index is 13.9. The number of benzene rings is 2. The molecule has 0 saturated carbocycles. The fourth-order valence-corrected chi connectivity index (χ4v) is 3.05. The minimum atomic E-state index is -0.445. The Balaban J connectivity index is 2.13. The molecule has 0 aromatic heterocycles. The van der Waals surface area contributed by atoms with Crippen LogP contribution in [0, 0.1) is 5.82 Å². The smallest absolute Gasteiger partial charge is 0.164 e. The van der Waals surface area contributed by atoms with E-state index < -0.39 is 6.04 Å². The van der Waals surface area contributed by atoms with Crippen molar-refractivity contribution in [2.75, 3.05) is 27.4 Å². The fourth-order valence-electron chi connectivity index (χ4n) is 3.05. The first kappa shape index (κ1) is 19.9. The van der Waals surface area contributed by atoms with Crippen LogP contribution >= 0.6 is 0 Å². The summed E-state index contributed by atoms with van der Waals surface area (Å²) in [7, 11) is 3.23. The van der Waals surface area contributed by atoms with Crippen molar-refractivity contribution in [1.82, 2.24) is 5.32 Å². The molecule has 0 aliphatic carbocycles. The molecule has 5 heteroatoms. The Labute approximate surface area is 154 Å². The lowest BCUT2D eigenvalue weighted by molar-refractivity contribution is 0.242. The molecule has 0 bridgehead atoms. The first-order chi connectivity index (χ1) is 12.7. The summed E-state index contributed by atoms with van der Waals surface area (Å²) in [6.07, 6.45) is 3.19.